The number of hydrogen-bond acceptors (Lipinski definition) is 3. The third-order valence-corrected chi connectivity index (χ3v) is 5.53. The van der Waals surface area contributed by atoms with Gasteiger partial charge in [-0.25, -0.2) is 13.8 Å². The summed E-state index contributed by atoms with van der Waals surface area (Å²) in [6, 6.07) is 3.35. The maximum atomic E-state index is 13.3. The first-order chi connectivity index (χ1) is 13.0. The number of ether oxygens (including phenoxy) is 1. The van der Waals surface area contributed by atoms with Crippen LogP contribution in [0.2, 0.25) is 0 Å². The van der Waals surface area contributed by atoms with Gasteiger partial charge in [-0.05, 0) is 38.5 Å². The van der Waals surface area contributed by atoms with Gasteiger partial charge >= 0.3 is 0 Å². The highest BCUT2D eigenvalue weighted by Gasteiger charge is 2.50. The van der Waals surface area contributed by atoms with E-state index in [1.165, 1.54) is 12.1 Å². The highest BCUT2D eigenvalue weighted by Crippen LogP contribution is 2.47. The zero-order chi connectivity index (χ0) is 18.9. The molecule has 0 atom stereocenters. The maximum absolute atomic E-state index is 13.3. The van der Waals surface area contributed by atoms with Gasteiger partial charge in [0.05, 0.1) is 17.8 Å². The number of nitrogens with zero attached hydrogens (tertiary/aromatic N) is 2. The van der Waals surface area contributed by atoms with Crippen LogP contribution in [0.3, 0.4) is 0 Å². The number of hydrogen-bond donors (Lipinski definition) is 1. The molecule has 4 rings (SSSR count). The fourth-order valence-corrected chi connectivity index (χ4v) is 3.79. The molecule has 5 nitrogen and oxygen atoms in total. The van der Waals surface area contributed by atoms with E-state index in [0.29, 0.717) is 6.54 Å². The van der Waals surface area contributed by atoms with Crippen LogP contribution >= 0.6 is 0 Å². The Morgan fingerprint density at radius 1 is 1.19 bits per heavy atom. The van der Waals surface area contributed by atoms with Gasteiger partial charge in [0.1, 0.15) is 17.4 Å². The molecule has 2 fully saturated rings. The molecule has 0 radical (unpaired) electrons. The molecule has 1 heterocycles. The SMILES string of the molecule is O=C(NC1CCC(Oc2cc(F)cc(F)c2)CC1)C1(Cn2ccnc2)CC1. The van der Waals surface area contributed by atoms with Crippen LogP contribution in [0.15, 0.2) is 36.9 Å². The highest BCUT2D eigenvalue weighted by atomic mass is 19.1. The molecule has 1 aromatic heterocycles. The van der Waals surface area contributed by atoms with Crippen molar-refractivity contribution in [1.29, 1.82) is 0 Å². The van der Waals surface area contributed by atoms with E-state index in [1.54, 1.807) is 12.5 Å². The van der Waals surface area contributed by atoms with Crippen LogP contribution in [0, 0.1) is 17.0 Å². The number of carbonyl (C=O) groups is 1. The summed E-state index contributed by atoms with van der Waals surface area (Å²) in [6.07, 6.45) is 10.2. The van der Waals surface area contributed by atoms with E-state index in [1.807, 2.05) is 10.8 Å². The minimum atomic E-state index is -0.640. The summed E-state index contributed by atoms with van der Waals surface area (Å²) in [5.74, 6) is -0.942. The maximum Gasteiger partial charge on any atom is 0.228 e. The Morgan fingerprint density at radius 2 is 1.89 bits per heavy atom. The van der Waals surface area contributed by atoms with Crippen molar-refractivity contribution in [3.05, 3.63) is 48.6 Å². The molecule has 2 aliphatic carbocycles. The number of halogens is 2. The topological polar surface area (TPSA) is 56.1 Å². The van der Waals surface area contributed by atoms with E-state index in [2.05, 4.69) is 10.3 Å². The summed E-state index contributed by atoms with van der Waals surface area (Å²) >= 11 is 0. The Hall–Kier alpha value is -2.44. The van der Waals surface area contributed by atoms with Gasteiger partial charge in [-0.15, -0.1) is 0 Å². The Morgan fingerprint density at radius 3 is 2.48 bits per heavy atom. The van der Waals surface area contributed by atoms with Crippen LogP contribution in [-0.2, 0) is 11.3 Å². The molecule has 0 aliphatic heterocycles. The molecule has 0 spiro atoms. The molecule has 0 bridgehead atoms. The summed E-state index contributed by atoms with van der Waals surface area (Å²) in [6.45, 7) is 0.669. The van der Waals surface area contributed by atoms with Crippen molar-refractivity contribution >= 4 is 5.91 Å². The average Bonchev–Trinajstić information content (AvgIpc) is 3.22. The van der Waals surface area contributed by atoms with Crippen molar-refractivity contribution in [2.24, 2.45) is 5.41 Å². The van der Waals surface area contributed by atoms with Crippen LogP contribution in [0.5, 0.6) is 5.75 Å². The molecule has 1 aromatic carbocycles. The minimum absolute atomic E-state index is 0.0832. The van der Waals surface area contributed by atoms with Gasteiger partial charge in [-0.2, -0.15) is 0 Å². The molecule has 2 aromatic rings. The van der Waals surface area contributed by atoms with Crippen LogP contribution in [0.4, 0.5) is 8.78 Å². The summed E-state index contributed by atoms with van der Waals surface area (Å²) in [4.78, 5) is 16.7. The van der Waals surface area contributed by atoms with Crippen molar-refractivity contribution in [3.8, 4) is 5.75 Å². The summed E-state index contributed by atoms with van der Waals surface area (Å²) < 4.78 is 34.2. The van der Waals surface area contributed by atoms with Crippen LogP contribution in [0.1, 0.15) is 38.5 Å². The molecule has 1 N–H and O–H groups in total. The second kappa shape index (κ2) is 7.29. The molecule has 27 heavy (non-hydrogen) atoms. The van der Waals surface area contributed by atoms with Crippen LogP contribution in [-0.4, -0.2) is 27.6 Å². The number of aromatic nitrogens is 2. The van der Waals surface area contributed by atoms with Gasteiger partial charge in [0.2, 0.25) is 5.91 Å². The largest absolute Gasteiger partial charge is 0.490 e. The van der Waals surface area contributed by atoms with E-state index >= 15 is 0 Å². The molecular weight excluding hydrogens is 352 g/mol. The summed E-state index contributed by atoms with van der Waals surface area (Å²) in [7, 11) is 0. The molecular formula is C20H23F2N3O2. The van der Waals surface area contributed by atoms with E-state index < -0.39 is 11.6 Å². The van der Waals surface area contributed by atoms with Gasteiger partial charge < -0.3 is 14.6 Å². The minimum Gasteiger partial charge on any atom is -0.490 e. The van der Waals surface area contributed by atoms with E-state index in [0.717, 1.165) is 44.6 Å². The monoisotopic (exact) mass is 375 g/mol. The standard InChI is InChI=1S/C20H23F2N3O2/c21-14-9-15(22)11-18(10-14)27-17-3-1-16(2-4-17)24-19(26)20(5-6-20)12-25-8-7-23-13-25/h7-11,13,16-17H,1-6,12H2,(H,24,26). The molecule has 0 unspecified atom stereocenters. The second-order valence-electron chi connectivity index (χ2n) is 7.69. The number of imidazole rings is 1. The second-order valence-corrected chi connectivity index (χ2v) is 7.69. The fraction of sp³-hybridized carbons (Fsp3) is 0.500. The first-order valence-electron chi connectivity index (χ1n) is 9.42. The van der Waals surface area contributed by atoms with Gasteiger partial charge in [0.15, 0.2) is 0 Å². The predicted molar refractivity (Wildman–Crippen MR) is 95.1 cm³/mol. The summed E-state index contributed by atoms with van der Waals surface area (Å²) in [5.41, 5.74) is -0.298. The Labute approximate surface area is 156 Å². The molecule has 7 heteroatoms. The molecule has 2 aliphatic rings. The number of benzene rings is 1. The number of nitrogens with one attached hydrogen (secondary N) is 1. The molecule has 144 valence electrons. The Bertz CT molecular complexity index is 777. The third kappa shape index (κ3) is 4.28. The number of amides is 1. The van der Waals surface area contributed by atoms with Crippen LogP contribution in [0.25, 0.3) is 0 Å². The predicted octanol–water partition coefficient (Wildman–Crippen LogP) is 3.45. The van der Waals surface area contributed by atoms with Gasteiger partial charge in [0.25, 0.3) is 0 Å². The smallest absolute Gasteiger partial charge is 0.228 e. The van der Waals surface area contributed by atoms with Crippen molar-refractivity contribution in [2.75, 3.05) is 0 Å². The highest BCUT2D eigenvalue weighted by molar-refractivity contribution is 5.85. The quantitative estimate of drug-likeness (QED) is 0.841. The van der Waals surface area contributed by atoms with Gasteiger partial charge in [-0.1, -0.05) is 0 Å². The van der Waals surface area contributed by atoms with Crippen LogP contribution < -0.4 is 10.1 Å². The van der Waals surface area contributed by atoms with Crippen molar-refractivity contribution < 1.29 is 18.3 Å². The lowest BCUT2D eigenvalue weighted by Crippen LogP contribution is -2.44. The van der Waals surface area contributed by atoms with Gasteiger partial charge in [0, 0.05) is 43.2 Å². The van der Waals surface area contributed by atoms with E-state index in [9.17, 15) is 13.6 Å². The lowest BCUT2D eigenvalue weighted by Gasteiger charge is -2.30. The zero-order valence-electron chi connectivity index (χ0n) is 15.0. The lowest BCUT2D eigenvalue weighted by atomic mass is 9.92. The fourth-order valence-electron chi connectivity index (χ4n) is 3.79. The molecule has 2 saturated carbocycles. The van der Waals surface area contributed by atoms with Crippen molar-refractivity contribution in [1.82, 2.24) is 14.9 Å². The third-order valence-electron chi connectivity index (χ3n) is 5.53. The van der Waals surface area contributed by atoms with Gasteiger partial charge in [-0.3, -0.25) is 4.79 Å². The van der Waals surface area contributed by atoms with E-state index in [-0.39, 0.29) is 29.2 Å². The normalized spacial score (nSPS) is 23.6. The summed E-state index contributed by atoms with van der Waals surface area (Å²) in [5, 5.41) is 3.19. The zero-order valence-corrected chi connectivity index (χ0v) is 15.0. The number of rotatable bonds is 6. The molecule has 1 amide bonds. The Kier molecular flexibility index (Phi) is 4.85. The lowest BCUT2D eigenvalue weighted by molar-refractivity contribution is -0.128. The van der Waals surface area contributed by atoms with Crippen molar-refractivity contribution in [3.63, 3.8) is 0 Å². The van der Waals surface area contributed by atoms with E-state index in [4.69, 9.17) is 4.74 Å². The van der Waals surface area contributed by atoms with Crippen molar-refractivity contribution in [2.45, 2.75) is 57.2 Å². The number of carbonyl (C=O) groups excluding carboxylic acids is 1. The average molecular weight is 375 g/mol. The molecule has 0 saturated heterocycles. The first kappa shape index (κ1) is 17.9. The Balaban J connectivity index is 1.26. The first-order valence-corrected chi connectivity index (χ1v) is 9.42.